The molecule has 4 nitrogen and oxygen atoms in total. The molecule has 21 heavy (non-hydrogen) atoms. The molecule has 1 aliphatic rings. The molecular formula is C16H22N2O2S. The van der Waals surface area contributed by atoms with E-state index in [0.29, 0.717) is 0 Å². The molecule has 3 rings (SSSR count). The maximum atomic E-state index is 5.88. The van der Waals surface area contributed by atoms with Gasteiger partial charge in [0.15, 0.2) is 11.7 Å². The summed E-state index contributed by atoms with van der Waals surface area (Å²) in [5.41, 5.74) is 1.51. The van der Waals surface area contributed by atoms with Crippen LogP contribution in [0.3, 0.4) is 0 Å². The molecule has 5 heteroatoms. The van der Waals surface area contributed by atoms with Crippen molar-refractivity contribution in [1.82, 2.24) is 10.3 Å². The summed E-state index contributed by atoms with van der Waals surface area (Å²) in [6.45, 7) is 2.46. The van der Waals surface area contributed by atoms with Crippen LogP contribution in [-0.2, 0) is 24.0 Å². The average molecular weight is 306 g/mol. The van der Waals surface area contributed by atoms with Crippen LogP contribution in [0.25, 0.3) is 10.6 Å². The minimum atomic E-state index is 0.734. The molecule has 0 radical (unpaired) electrons. The van der Waals surface area contributed by atoms with E-state index in [1.54, 1.807) is 7.11 Å². The van der Waals surface area contributed by atoms with E-state index in [0.717, 1.165) is 37.8 Å². The van der Waals surface area contributed by atoms with Crippen molar-refractivity contribution in [3.05, 3.63) is 28.6 Å². The van der Waals surface area contributed by atoms with Gasteiger partial charge in [-0.2, -0.15) is 0 Å². The van der Waals surface area contributed by atoms with Crippen LogP contribution < -0.4 is 5.32 Å². The van der Waals surface area contributed by atoms with E-state index < -0.39 is 0 Å². The van der Waals surface area contributed by atoms with Gasteiger partial charge < -0.3 is 14.5 Å². The van der Waals surface area contributed by atoms with Crippen LogP contribution in [0.5, 0.6) is 0 Å². The fourth-order valence-corrected chi connectivity index (χ4v) is 3.85. The van der Waals surface area contributed by atoms with Crippen LogP contribution in [0, 0.1) is 0 Å². The molecule has 0 fully saturated rings. The van der Waals surface area contributed by atoms with E-state index in [-0.39, 0.29) is 0 Å². The van der Waals surface area contributed by atoms with Crippen LogP contribution in [-0.4, -0.2) is 31.8 Å². The fraction of sp³-hybridized carbons (Fsp3) is 0.562. The number of fused-ring (bicyclic) bond motifs is 1. The van der Waals surface area contributed by atoms with E-state index in [4.69, 9.17) is 9.15 Å². The summed E-state index contributed by atoms with van der Waals surface area (Å²) < 4.78 is 10.9. The molecule has 0 aliphatic heterocycles. The van der Waals surface area contributed by atoms with Crippen LogP contribution in [0.4, 0.5) is 0 Å². The SMILES string of the molecule is COCCNCCc1ncc(-c2cc3c(s2)CCCC3)o1. The van der Waals surface area contributed by atoms with E-state index in [1.165, 1.54) is 41.0 Å². The number of nitrogens with one attached hydrogen (secondary N) is 1. The predicted molar refractivity (Wildman–Crippen MR) is 84.9 cm³/mol. The van der Waals surface area contributed by atoms with E-state index in [9.17, 15) is 0 Å². The monoisotopic (exact) mass is 306 g/mol. The van der Waals surface area contributed by atoms with Gasteiger partial charge in [-0.25, -0.2) is 4.98 Å². The van der Waals surface area contributed by atoms with Crippen LogP contribution in [0.15, 0.2) is 16.7 Å². The lowest BCUT2D eigenvalue weighted by Crippen LogP contribution is -2.21. The van der Waals surface area contributed by atoms with Gasteiger partial charge in [0, 0.05) is 31.5 Å². The Labute approximate surface area is 129 Å². The first-order valence-corrected chi connectivity index (χ1v) is 8.45. The molecular weight excluding hydrogens is 284 g/mol. The third-order valence-electron chi connectivity index (χ3n) is 3.79. The molecule has 0 unspecified atom stereocenters. The highest BCUT2D eigenvalue weighted by atomic mass is 32.1. The number of oxazole rings is 1. The van der Waals surface area contributed by atoms with Crippen molar-refractivity contribution in [2.75, 3.05) is 26.8 Å². The number of thiophene rings is 1. The summed E-state index contributed by atoms with van der Waals surface area (Å²) in [6, 6.07) is 2.29. The van der Waals surface area contributed by atoms with Crippen LogP contribution in [0.2, 0.25) is 0 Å². The lowest BCUT2D eigenvalue weighted by Gasteiger charge is -2.08. The number of hydrogen-bond donors (Lipinski definition) is 1. The molecule has 114 valence electrons. The fourth-order valence-electron chi connectivity index (χ4n) is 2.65. The molecule has 0 amide bonds. The van der Waals surface area contributed by atoms with Gasteiger partial charge in [-0.1, -0.05) is 0 Å². The lowest BCUT2D eigenvalue weighted by molar-refractivity contribution is 0.199. The maximum Gasteiger partial charge on any atom is 0.196 e. The Morgan fingerprint density at radius 3 is 3.10 bits per heavy atom. The zero-order chi connectivity index (χ0) is 14.5. The summed E-state index contributed by atoms with van der Waals surface area (Å²) in [5, 5.41) is 3.30. The molecule has 0 aromatic carbocycles. The molecule has 0 bridgehead atoms. The first kappa shape index (κ1) is 14.8. The Bertz CT molecular complexity index is 553. The van der Waals surface area contributed by atoms with Crippen molar-refractivity contribution in [2.24, 2.45) is 0 Å². The summed E-state index contributed by atoms with van der Waals surface area (Å²) >= 11 is 1.87. The van der Waals surface area contributed by atoms with Crippen molar-refractivity contribution in [1.29, 1.82) is 0 Å². The van der Waals surface area contributed by atoms with Gasteiger partial charge >= 0.3 is 0 Å². The van der Waals surface area contributed by atoms with Crippen molar-refractivity contribution >= 4 is 11.3 Å². The van der Waals surface area contributed by atoms with Gasteiger partial charge in [-0.3, -0.25) is 0 Å². The zero-order valence-corrected chi connectivity index (χ0v) is 13.3. The normalized spacial score (nSPS) is 14.3. The maximum absolute atomic E-state index is 5.88. The van der Waals surface area contributed by atoms with E-state index >= 15 is 0 Å². The average Bonchev–Trinajstić information content (AvgIpc) is 3.13. The minimum Gasteiger partial charge on any atom is -0.440 e. The second-order valence-corrected chi connectivity index (χ2v) is 6.51. The largest absolute Gasteiger partial charge is 0.440 e. The summed E-state index contributed by atoms with van der Waals surface area (Å²) in [5.74, 6) is 1.72. The third kappa shape index (κ3) is 3.73. The summed E-state index contributed by atoms with van der Waals surface area (Å²) in [7, 11) is 1.71. The molecule has 2 aromatic heterocycles. The van der Waals surface area contributed by atoms with Gasteiger partial charge in [0.05, 0.1) is 17.7 Å². The molecule has 1 N–H and O–H groups in total. The van der Waals surface area contributed by atoms with Crippen molar-refractivity contribution < 1.29 is 9.15 Å². The standard InChI is InChI=1S/C16H22N2O2S/c1-19-9-8-17-7-6-16-18-11-13(20-16)15-10-12-4-2-3-5-14(12)21-15/h10-11,17H,2-9H2,1H3. The Kier molecular flexibility index (Phi) is 5.06. The van der Waals surface area contributed by atoms with Gasteiger partial charge in [0.25, 0.3) is 0 Å². The second kappa shape index (κ2) is 7.20. The molecule has 0 saturated carbocycles. The number of ether oxygens (including phenoxy) is 1. The Morgan fingerprint density at radius 2 is 2.24 bits per heavy atom. The summed E-state index contributed by atoms with van der Waals surface area (Å²) in [6.07, 6.45) is 7.76. The first-order chi connectivity index (χ1) is 10.4. The summed E-state index contributed by atoms with van der Waals surface area (Å²) in [4.78, 5) is 7.15. The van der Waals surface area contributed by atoms with Gasteiger partial charge in [-0.15, -0.1) is 11.3 Å². The van der Waals surface area contributed by atoms with Crippen molar-refractivity contribution in [2.45, 2.75) is 32.1 Å². The van der Waals surface area contributed by atoms with Crippen molar-refractivity contribution in [3.63, 3.8) is 0 Å². The van der Waals surface area contributed by atoms with Gasteiger partial charge in [0.1, 0.15) is 0 Å². The Balaban J connectivity index is 1.58. The van der Waals surface area contributed by atoms with Crippen LogP contribution >= 0.6 is 11.3 Å². The Morgan fingerprint density at radius 1 is 1.33 bits per heavy atom. The quantitative estimate of drug-likeness (QED) is 0.799. The van der Waals surface area contributed by atoms with Gasteiger partial charge in [-0.05, 0) is 37.3 Å². The van der Waals surface area contributed by atoms with E-state index in [1.807, 2.05) is 17.5 Å². The third-order valence-corrected chi connectivity index (χ3v) is 5.04. The number of nitrogens with zero attached hydrogens (tertiary/aromatic N) is 1. The number of aromatic nitrogens is 1. The van der Waals surface area contributed by atoms with Gasteiger partial charge in [0.2, 0.25) is 0 Å². The molecule has 0 saturated heterocycles. The number of hydrogen-bond acceptors (Lipinski definition) is 5. The molecule has 2 aromatic rings. The van der Waals surface area contributed by atoms with Crippen molar-refractivity contribution in [3.8, 4) is 10.6 Å². The lowest BCUT2D eigenvalue weighted by atomic mass is 9.99. The molecule has 0 spiro atoms. The number of aryl methyl sites for hydroxylation is 2. The molecule has 0 atom stereocenters. The van der Waals surface area contributed by atoms with Crippen LogP contribution in [0.1, 0.15) is 29.2 Å². The smallest absolute Gasteiger partial charge is 0.196 e. The number of rotatable bonds is 7. The Hall–Kier alpha value is -1.17. The molecule has 2 heterocycles. The van der Waals surface area contributed by atoms with E-state index in [2.05, 4.69) is 16.4 Å². The highest BCUT2D eigenvalue weighted by Crippen LogP contribution is 2.35. The highest BCUT2D eigenvalue weighted by Gasteiger charge is 2.16. The first-order valence-electron chi connectivity index (χ1n) is 7.63. The predicted octanol–water partition coefficient (Wildman–Crippen LogP) is 3.06. The number of methoxy groups -OCH3 is 1. The minimum absolute atomic E-state index is 0.734. The second-order valence-electron chi connectivity index (χ2n) is 5.38. The highest BCUT2D eigenvalue weighted by molar-refractivity contribution is 7.15. The molecule has 1 aliphatic carbocycles. The zero-order valence-electron chi connectivity index (χ0n) is 12.5. The topological polar surface area (TPSA) is 47.3 Å².